The van der Waals surface area contributed by atoms with E-state index in [9.17, 15) is 4.79 Å². The van der Waals surface area contributed by atoms with Gasteiger partial charge in [-0.1, -0.05) is 0 Å². The maximum Gasteiger partial charge on any atom is 0.222 e. The Kier molecular flexibility index (Phi) is 3.60. The van der Waals surface area contributed by atoms with Gasteiger partial charge in [-0.15, -0.1) is 0 Å². The van der Waals surface area contributed by atoms with Crippen LogP contribution in [0.1, 0.15) is 49.8 Å². The van der Waals surface area contributed by atoms with Gasteiger partial charge in [0.25, 0.3) is 0 Å². The van der Waals surface area contributed by atoms with Crippen LogP contribution >= 0.6 is 0 Å². The lowest BCUT2D eigenvalue weighted by Gasteiger charge is -2.14. The van der Waals surface area contributed by atoms with Crippen molar-refractivity contribution in [3.05, 3.63) is 23.9 Å². The second-order valence-corrected chi connectivity index (χ2v) is 6.45. The van der Waals surface area contributed by atoms with Gasteiger partial charge in [-0.2, -0.15) is 10.2 Å². The third-order valence-electron chi connectivity index (χ3n) is 4.40. The first-order valence-corrected chi connectivity index (χ1v) is 8.13. The fourth-order valence-electron chi connectivity index (χ4n) is 3.08. The highest BCUT2D eigenvalue weighted by molar-refractivity contribution is 5.87. The summed E-state index contributed by atoms with van der Waals surface area (Å²) in [5.74, 6) is 3.03. The van der Waals surface area contributed by atoms with Crippen LogP contribution < -0.4 is 5.32 Å². The summed E-state index contributed by atoms with van der Waals surface area (Å²) in [7, 11) is 0. The Morgan fingerprint density at radius 1 is 1.43 bits per heavy atom. The van der Waals surface area contributed by atoms with Crippen LogP contribution in [0.4, 0.5) is 5.82 Å². The highest BCUT2D eigenvalue weighted by Gasteiger charge is 2.29. The second kappa shape index (κ2) is 5.77. The quantitative estimate of drug-likeness (QED) is 0.867. The Balaban J connectivity index is 1.34. The fraction of sp³-hybridized carbons (Fsp3) is 0.600. The van der Waals surface area contributed by atoms with E-state index in [2.05, 4.69) is 30.5 Å². The van der Waals surface area contributed by atoms with Crippen molar-refractivity contribution >= 4 is 11.7 Å². The number of nitrogens with one attached hydrogen (secondary N) is 2. The van der Waals surface area contributed by atoms with Crippen molar-refractivity contribution in [3.63, 3.8) is 0 Å². The standard InChI is InChI=1S/C15H21N7O/c1-10(23)16-13-5-7-22(20-13)12-4-6-21(8-12)9-14-17-15(19-18-14)11-2-3-11/h5,7,11-12H,2-4,6,8-9H2,1H3,(H,16,20,23)(H,17,18,19). The number of carbonyl (C=O) groups is 1. The molecule has 0 radical (unpaired) electrons. The molecule has 122 valence electrons. The molecule has 3 heterocycles. The van der Waals surface area contributed by atoms with Gasteiger partial charge in [0.2, 0.25) is 5.91 Å². The fourth-order valence-corrected chi connectivity index (χ4v) is 3.08. The van der Waals surface area contributed by atoms with E-state index >= 15 is 0 Å². The van der Waals surface area contributed by atoms with Crippen molar-refractivity contribution in [1.82, 2.24) is 29.9 Å². The summed E-state index contributed by atoms with van der Waals surface area (Å²) >= 11 is 0. The lowest BCUT2D eigenvalue weighted by atomic mass is 10.3. The average molecular weight is 315 g/mol. The van der Waals surface area contributed by atoms with Crippen LogP contribution in [0.25, 0.3) is 0 Å². The third kappa shape index (κ3) is 3.26. The molecule has 0 spiro atoms. The molecular formula is C15H21N7O. The van der Waals surface area contributed by atoms with Gasteiger partial charge in [0.05, 0.1) is 12.6 Å². The van der Waals surface area contributed by atoms with Crippen LogP contribution in [0.15, 0.2) is 12.3 Å². The number of nitrogens with zero attached hydrogens (tertiary/aromatic N) is 5. The topological polar surface area (TPSA) is 91.7 Å². The van der Waals surface area contributed by atoms with E-state index in [1.807, 2.05) is 16.9 Å². The van der Waals surface area contributed by atoms with E-state index in [0.717, 1.165) is 37.7 Å². The lowest BCUT2D eigenvalue weighted by molar-refractivity contribution is -0.114. The maximum absolute atomic E-state index is 11.1. The van der Waals surface area contributed by atoms with Gasteiger partial charge in [0.15, 0.2) is 11.6 Å². The Bertz CT molecular complexity index is 702. The number of hydrogen-bond acceptors (Lipinski definition) is 5. The molecule has 1 saturated heterocycles. The van der Waals surface area contributed by atoms with Gasteiger partial charge < -0.3 is 5.32 Å². The van der Waals surface area contributed by atoms with Gasteiger partial charge in [-0.3, -0.25) is 19.5 Å². The van der Waals surface area contributed by atoms with Crippen molar-refractivity contribution in [2.45, 2.75) is 44.7 Å². The Morgan fingerprint density at radius 3 is 3.09 bits per heavy atom. The molecular weight excluding hydrogens is 294 g/mol. The molecule has 2 aromatic rings. The van der Waals surface area contributed by atoms with Gasteiger partial charge in [0, 0.05) is 38.2 Å². The monoisotopic (exact) mass is 315 g/mol. The summed E-state index contributed by atoms with van der Waals surface area (Å²) in [6.45, 7) is 4.24. The van der Waals surface area contributed by atoms with Crippen molar-refractivity contribution < 1.29 is 4.79 Å². The molecule has 23 heavy (non-hydrogen) atoms. The molecule has 1 atom stereocenters. The first kappa shape index (κ1) is 14.4. The number of hydrogen-bond donors (Lipinski definition) is 2. The van der Waals surface area contributed by atoms with Gasteiger partial charge in [0.1, 0.15) is 5.82 Å². The number of amides is 1. The molecule has 0 bridgehead atoms. The second-order valence-electron chi connectivity index (χ2n) is 6.45. The molecule has 2 aliphatic rings. The number of rotatable bonds is 5. The third-order valence-corrected chi connectivity index (χ3v) is 4.40. The normalized spacial score (nSPS) is 21.7. The molecule has 1 aliphatic carbocycles. The van der Waals surface area contributed by atoms with Crippen LogP contribution in [-0.2, 0) is 11.3 Å². The molecule has 1 unspecified atom stereocenters. The molecule has 1 saturated carbocycles. The predicted octanol–water partition coefficient (Wildman–Crippen LogP) is 1.28. The van der Waals surface area contributed by atoms with Crippen LogP contribution in [0.3, 0.4) is 0 Å². The zero-order chi connectivity index (χ0) is 15.8. The largest absolute Gasteiger partial charge is 0.309 e. The molecule has 1 aliphatic heterocycles. The van der Waals surface area contributed by atoms with E-state index < -0.39 is 0 Å². The number of aromatic nitrogens is 5. The molecule has 0 aromatic carbocycles. The summed E-state index contributed by atoms with van der Waals surface area (Å²) in [4.78, 5) is 18.0. The zero-order valence-corrected chi connectivity index (χ0v) is 13.2. The minimum absolute atomic E-state index is 0.0971. The Morgan fingerprint density at radius 2 is 2.30 bits per heavy atom. The van der Waals surface area contributed by atoms with Crippen molar-refractivity contribution in [1.29, 1.82) is 0 Å². The minimum Gasteiger partial charge on any atom is -0.309 e. The Labute approximate surface area is 134 Å². The van der Waals surface area contributed by atoms with E-state index in [4.69, 9.17) is 0 Å². The van der Waals surface area contributed by atoms with Crippen molar-refractivity contribution in [2.75, 3.05) is 18.4 Å². The van der Waals surface area contributed by atoms with E-state index in [1.54, 1.807) is 0 Å². The zero-order valence-electron chi connectivity index (χ0n) is 13.2. The number of H-pyrrole nitrogens is 1. The Hall–Kier alpha value is -2.22. The summed E-state index contributed by atoms with van der Waals surface area (Å²) < 4.78 is 1.95. The molecule has 2 N–H and O–H groups in total. The lowest BCUT2D eigenvalue weighted by Crippen LogP contribution is -2.22. The van der Waals surface area contributed by atoms with Crippen LogP contribution in [-0.4, -0.2) is 48.9 Å². The highest BCUT2D eigenvalue weighted by atomic mass is 16.1. The molecule has 2 fully saturated rings. The van der Waals surface area contributed by atoms with Gasteiger partial charge in [-0.25, -0.2) is 4.98 Å². The molecule has 8 nitrogen and oxygen atoms in total. The first-order valence-electron chi connectivity index (χ1n) is 8.13. The van der Waals surface area contributed by atoms with Crippen molar-refractivity contribution in [2.24, 2.45) is 0 Å². The number of carbonyl (C=O) groups excluding carboxylic acids is 1. The molecule has 1 amide bonds. The summed E-state index contributed by atoms with van der Waals surface area (Å²) in [6.07, 6.45) is 5.42. The van der Waals surface area contributed by atoms with Gasteiger partial charge in [-0.05, 0) is 19.3 Å². The SMILES string of the molecule is CC(=O)Nc1ccn(C2CCN(Cc3nc(C4CC4)n[nH]3)C2)n1. The average Bonchev–Trinajstić information content (AvgIpc) is 2.90. The summed E-state index contributed by atoms with van der Waals surface area (Å²) in [5.41, 5.74) is 0. The van der Waals surface area contributed by atoms with E-state index in [-0.39, 0.29) is 5.91 Å². The molecule has 8 heteroatoms. The highest BCUT2D eigenvalue weighted by Crippen LogP contribution is 2.37. The van der Waals surface area contributed by atoms with Crippen LogP contribution in [0, 0.1) is 0 Å². The van der Waals surface area contributed by atoms with Crippen LogP contribution in [0.5, 0.6) is 0 Å². The van der Waals surface area contributed by atoms with Gasteiger partial charge >= 0.3 is 0 Å². The van der Waals surface area contributed by atoms with E-state index in [0.29, 0.717) is 17.8 Å². The summed E-state index contributed by atoms with van der Waals surface area (Å²) in [6, 6.07) is 2.17. The number of aromatic amines is 1. The number of likely N-dealkylation sites (tertiary alicyclic amines) is 1. The molecule has 2 aromatic heterocycles. The van der Waals surface area contributed by atoms with E-state index in [1.165, 1.54) is 19.8 Å². The summed E-state index contributed by atoms with van der Waals surface area (Å²) in [5, 5.41) is 14.5. The molecule has 4 rings (SSSR count). The van der Waals surface area contributed by atoms with Crippen LogP contribution in [0.2, 0.25) is 0 Å². The minimum atomic E-state index is -0.0971. The van der Waals surface area contributed by atoms with Crippen molar-refractivity contribution in [3.8, 4) is 0 Å². The maximum atomic E-state index is 11.1. The first-order chi connectivity index (χ1) is 11.2. The number of anilines is 1. The smallest absolute Gasteiger partial charge is 0.222 e. The predicted molar refractivity (Wildman–Crippen MR) is 83.8 cm³/mol.